The van der Waals surface area contributed by atoms with Crippen LogP contribution in [0, 0.1) is 5.92 Å². The molecule has 0 aliphatic carbocycles. The Bertz CT molecular complexity index is 203. The Morgan fingerprint density at radius 2 is 1.93 bits per heavy atom. The van der Waals surface area contributed by atoms with Gasteiger partial charge in [-0.1, -0.05) is 13.8 Å². The number of amides is 1. The average Bonchev–Trinajstić information content (AvgIpc) is 2.01. The van der Waals surface area contributed by atoms with Crippen molar-refractivity contribution in [3.05, 3.63) is 0 Å². The van der Waals surface area contributed by atoms with Gasteiger partial charge in [-0.15, -0.1) is 0 Å². The topological polar surface area (TPSA) is 78.3 Å². The SMILES string of the molecule is CC(C)CC(C)OCCC(C)(N)C(N)=O. The summed E-state index contributed by atoms with van der Waals surface area (Å²) in [5.41, 5.74) is 9.88. The summed E-state index contributed by atoms with van der Waals surface area (Å²) in [7, 11) is 0. The summed E-state index contributed by atoms with van der Waals surface area (Å²) in [4.78, 5) is 10.9. The van der Waals surface area contributed by atoms with Crippen LogP contribution in [0.25, 0.3) is 0 Å². The van der Waals surface area contributed by atoms with Crippen molar-refractivity contribution in [2.24, 2.45) is 17.4 Å². The summed E-state index contributed by atoms with van der Waals surface area (Å²) in [6.07, 6.45) is 1.68. The molecular weight excluding hydrogens is 192 g/mol. The first-order chi connectivity index (χ1) is 6.75. The first-order valence-corrected chi connectivity index (χ1v) is 5.46. The fourth-order valence-corrected chi connectivity index (χ4v) is 1.33. The van der Waals surface area contributed by atoms with Crippen molar-refractivity contribution in [1.82, 2.24) is 0 Å². The number of carbonyl (C=O) groups is 1. The molecule has 0 radical (unpaired) electrons. The summed E-state index contributed by atoms with van der Waals surface area (Å²) >= 11 is 0. The third kappa shape index (κ3) is 6.47. The van der Waals surface area contributed by atoms with Crippen LogP contribution in [0.5, 0.6) is 0 Å². The van der Waals surface area contributed by atoms with Crippen LogP contribution in [0.15, 0.2) is 0 Å². The zero-order chi connectivity index (χ0) is 12.1. The van der Waals surface area contributed by atoms with Gasteiger partial charge in [0.05, 0.1) is 11.6 Å². The van der Waals surface area contributed by atoms with Gasteiger partial charge in [-0.05, 0) is 32.6 Å². The van der Waals surface area contributed by atoms with Gasteiger partial charge in [0, 0.05) is 6.61 Å². The highest BCUT2D eigenvalue weighted by molar-refractivity contribution is 5.83. The molecule has 2 atom stereocenters. The molecule has 0 saturated carbocycles. The van der Waals surface area contributed by atoms with E-state index >= 15 is 0 Å². The number of hydrogen-bond acceptors (Lipinski definition) is 3. The van der Waals surface area contributed by atoms with Crippen LogP contribution >= 0.6 is 0 Å². The highest BCUT2D eigenvalue weighted by Gasteiger charge is 2.25. The predicted molar refractivity (Wildman–Crippen MR) is 61.3 cm³/mol. The molecule has 0 rings (SSSR count). The van der Waals surface area contributed by atoms with Gasteiger partial charge >= 0.3 is 0 Å². The van der Waals surface area contributed by atoms with Crippen LogP contribution in [0.4, 0.5) is 0 Å². The number of carbonyl (C=O) groups excluding carboxylic acids is 1. The minimum absolute atomic E-state index is 0.202. The first kappa shape index (κ1) is 14.4. The molecule has 0 fully saturated rings. The van der Waals surface area contributed by atoms with Gasteiger partial charge in [-0.2, -0.15) is 0 Å². The second kappa shape index (κ2) is 6.08. The monoisotopic (exact) mass is 216 g/mol. The van der Waals surface area contributed by atoms with Crippen molar-refractivity contribution < 1.29 is 9.53 Å². The lowest BCUT2D eigenvalue weighted by molar-refractivity contribution is -0.123. The molecule has 4 nitrogen and oxygen atoms in total. The van der Waals surface area contributed by atoms with E-state index in [1.165, 1.54) is 0 Å². The number of rotatable bonds is 7. The average molecular weight is 216 g/mol. The molecule has 0 aliphatic rings. The summed E-state index contributed by atoms with van der Waals surface area (Å²) < 4.78 is 5.55. The molecule has 0 bridgehead atoms. The normalized spacial score (nSPS) is 17.5. The second-order valence-corrected chi connectivity index (χ2v) is 4.84. The summed E-state index contributed by atoms with van der Waals surface area (Å²) in [6.45, 7) is 8.43. The van der Waals surface area contributed by atoms with Crippen molar-refractivity contribution >= 4 is 5.91 Å². The first-order valence-electron chi connectivity index (χ1n) is 5.46. The number of hydrogen-bond donors (Lipinski definition) is 2. The minimum Gasteiger partial charge on any atom is -0.378 e. The number of nitrogens with two attached hydrogens (primary N) is 2. The Labute approximate surface area is 92.3 Å². The predicted octanol–water partition coefficient (Wildman–Crippen LogP) is 1.03. The van der Waals surface area contributed by atoms with E-state index in [1.807, 2.05) is 6.92 Å². The highest BCUT2D eigenvalue weighted by atomic mass is 16.5. The van der Waals surface area contributed by atoms with Gasteiger partial charge in [0.2, 0.25) is 5.91 Å². The molecular formula is C11H24N2O2. The van der Waals surface area contributed by atoms with Crippen LogP contribution in [0.1, 0.15) is 40.5 Å². The van der Waals surface area contributed by atoms with E-state index < -0.39 is 11.4 Å². The molecule has 4 heteroatoms. The van der Waals surface area contributed by atoms with Crippen LogP contribution in [0.2, 0.25) is 0 Å². The smallest absolute Gasteiger partial charge is 0.237 e. The minimum atomic E-state index is -0.961. The summed E-state index contributed by atoms with van der Waals surface area (Å²) in [6, 6.07) is 0. The van der Waals surface area contributed by atoms with Gasteiger partial charge in [0.1, 0.15) is 0 Å². The zero-order valence-corrected chi connectivity index (χ0v) is 10.2. The number of primary amides is 1. The van der Waals surface area contributed by atoms with E-state index in [9.17, 15) is 4.79 Å². The maximum Gasteiger partial charge on any atom is 0.237 e. The zero-order valence-electron chi connectivity index (χ0n) is 10.2. The highest BCUT2D eigenvalue weighted by Crippen LogP contribution is 2.10. The van der Waals surface area contributed by atoms with E-state index in [0.29, 0.717) is 18.9 Å². The molecule has 90 valence electrons. The van der Waals surface area contributed by atoms with E-state index in [0.717, 1.165) is 6.42 Å². The molecule has 15 heavy (non-hydrogen) atoms. The van der Waals surface area contributed by atoms with Crippen molar-refractivity contribution in [3.8, 4) is 0 Å². The molecule has 4 N–H and O–H groups in total. The standard InChI is InChI=1S/C11H24N2O2/c1-8(2)7-9(3)15-6-5-11(4,13)10(12)14/h8-9H,5-7,13H2,1-4H3,(H2,12,14). The Hall–Kier alpha value is -0.610. The maximum absolute atomic E-state index is 10.9. The molecule has 0 aromatic heterocycles. The second-order valence-electron chi connectivity index (χ2n) is 4.84. The molecule has 0 aromatic rings. The van der Waals surface area contributed by atoms with Crippen molar-refractivity contribution in [2.75, 3.05) is 6.61 Å². The molecule has 0 aliphatic heterocycles. The Morgan fingerprint density at radius 1 is 1.40 bits per heavy atom. The quantitative estimate of drug-likeness (QED) is 0.667. The van der Waals surface area contributed by atoms with E-state index in [4.69, 9.17) is 16.2 Å². The van der Waals surface area contributed by atoms with Crippen molar-refractivity contribution in [1.29, 1.82) is 0 Å². The van der Waals surface area contributed by atoms with Gasteiger partial charge in [0.25, 0.3) is 0 Å². The van der Waals surface area contributed by atoms with E-state index in [2.05, 4.69) is 13.8 Å². The van der Waals surface area contributed by atoms with Crippen LogP contribution < -0.4 is 11.5 Å². The maximum atomic E-state index is 10.9. The summed E-state index contributed by atoms with van der Waals surface area (Å²) in [5, 5.41) is 0. The van der Waals surface area contributed by atoms with E-state index in [1.54, 1.807) is 6.92 Å². The fourth-order valence-electron chi connectivity index (χ4n) is 1.33. The molecule has 0 saturated heterocycles. The lowest BCUT2D eigenvalue weighted by atomic mass is 9.99. The Balaban J connectivity index is 3.74. The number of ether oxygens (including phenoxy) is 1. The molecule has 0 aromatic carbocycles. The fraction of sp³-hybridized carbons (Fsp3) is 0.909. The van der Waals surface area contributed by atoms with Gasteiger partial charge in [-0.25, -0.2) is 0 Å². The van der Waals surface area contributed by atoms with Crippen LogP contribution in [-0.4, -0.2) is 24.2 Å². The lowest BCUT2D eigenvalue weighted by Crippen LogP contribution is -2.50. The Kier molecular flexibility index (Phi) is 5.83. The van der Waals surface area contributed by atoms with E-state index in [-0.39, 0.29) is 6.10 Å². The lowest BCUT2D eigenvalue weighted by Gasteiger charge is -2.22. The molecule has 2 unspecified atom stereocenters. The largest absolute Gasteiger partial charge is 0.378 e. The Morgan fingerprint density at radius 3 is 2.33 bits per heavy atom. The van der Waals surface area contributed by atoms with Gasteiger partial charge in [0.15, 0.2) is 0 Å². The molecule has 1 amide bonds. The van der Waals surface area contributed by atoms with Crippen molar-refractivity contribution in [2.45, 2.75) is 52.2 Å². The van der Waals surface area contributed by atoms with Gasteiger partial charge in [-0.3, -0.25) is 4.79 Å². The third-order valence-electron chi connectivity index (χ3n) is 2.39. The third-order valence-corrected chi connectivity index (χ3v) is 2.39. The van der Waals surface area contributed by atoms with Crippen LogP contribution in [0.3, 0.4) is 0 Å². The summed E-state index contributed by atoms with van der Waals surface area (Å²) in [5.74, 6) is 0.128. The van der Waals surface area contributed by atoms with Crippen molar-refractivity contribution in [3.63, 3.8) is 0 Å². The van der Waals surface area contributed by atoms with Gasteiger partial charge < -0.3 is 16.2 Å². The molecule has 0 heterocycles. The molecule has 0 spiro atoms. The van der Waals surface area contributed by atoms with Crippen LogP contribution in [-0.2, 0) is 9.53 Å².